The second-order valence-electron chi connectivity index (χ2n) is 13.1. The van der Waals surface area contributed by atoms with Gasteiger partial charge in [0.1, 0.15) is 22.6 Å². The van der Waals surface area contributed by atoms with E-state index in [1.807, 2.05) is 49.4 Å². The van der Waals surface area contributed by atoms with Crippen molar-refractivity contribution in [3.63, 3.8) is 0 Å². The fourth-order valence-corrected chi connectivity index (χ4v) is 8.49. The summed E-state index contributed by atoms with van der Waals surface area (Å²) >= 11 is 0. The maximum absolute atomic E-state index is 15.2. The van der Waals surface area contributed by atoms with Gasteiger partial charge < -0.3 is 23.7 Å². The molecule has 6 nitrogen and oxygen atoms in total. The van der Waals surface area contributed by atoms with Crippen LogP contribution in [0.4, 0.5) is 0 Å². The van der Waals surface area contributed by atoms with Crippen molar-refractivity contribution in [2.75, 3.05) is 13.7 Å². The number of Topliss-reactive ketones (excluding diaryl/α,β-unsaturated/α-hetero) is 1. The maximum atomic E-state index is 15.2. The third-order valence-corrected chi connectivity index (χ3v) is 14.4. The fraction of sp³-hybridized carbons (Fsp3) is 0.500. The standard InChI is InChI=1S/C34H44O6Si/c1-9-20-31(36)24(2)33(40-41(7,8)30(3,4)5)26-18-15-19-27(37-6)28(26)29(35)34(31,32(33)21-13-14-22-38-32)39-23-25-16-11-10-12-17-25/h9-12,15-20,36H,2,13-14,21-23H2,1,3-8H3/b20-9+/t31-,32-,33+,34-/m1/s1. The Morgan fingerprint density at radius 1 is 1.10 bits per heavy atom. The second kappa shape index (κ2) is 10.0. The Hall–Kier alpha value is -2.55. The van der Waals surface area contributed by atoms with Crippen LogP contribution < -0.4 is 4.74 Å². The molecule has 1 saturated carbocycles. The zero-order chi connectivity index (χ0) is 29.9. The van der Waals surface area contributed by atoms with Crippen LogP contribution in [0.15, 0.2) is 72.8 Å². The molecular formula is C34H44O6Si. The number of methoxy groups -OCH3 is 1. The van der Waals surface area contributed by atoms with E-state index in [4.69, 9.17) is 18.6 Å². The number of aliphatic hydroxyl groups is 1. The summed E-state index contributed by atoms with van der Waals surface area (Å²) in [6.45, 7) is 17.8. The zero-order valence-corrected chi connectivity index (χ0v) is 26.5. The number of ketones is 1. The molecule has 1 N–H and O–H groups in total. The Bertz CT molecular complexity index is 1370. The van der Waals surface area contributed by atoms with Gasteiger partial charge in [-0.25, -0.2) is 0 Å². The third-order valence-electron chi connectivity index (χ3n) is 9.92. The lowest BCUT2D eigenvalue weighted by Gasteiger charge is -2.59. The first-order valence-corrected chi connectivity index (χ1v) is 17.5. The second-order valence-corrected chi connectivity index (χ2v) is 17.8. The highest BCUT2D eigenvalue weighted by Crippen LogP contribution is 2.72. The van der Waals surface area contributed by atoms with Gasteiger partial charge >= 0.3 is 0 Å². The summed E-state index contributed by atoms with van der Waals surface area (Å²) in [5.74, 6) is 0.0306. The van der Waals surface area contributed by atoms with Gasteiger partial charge in [0, 0.05) is 12.2 Å². The summed E-state index contributed by atoms with van der Waals surface area (Å²) in [5, 5.41) is 12.8. The van der Waals surface area contributed by atoms with Crippen molar-refractivity contribution in [3.05, 3.63) is 89.5 Å². The molecule has 2 aromatic rings. The van der Waals surface area contributed by atoms with Gasteiger partial charge in [0.2, 0.25) is 5.78 Å². The van der Waals surface area contributed by atoms with Crippen LogP contribution in [0.2, 0.25) is 18.1 Å². The number of carbonyl (C=O) groups is 1. The molecule has 0 amide bonds. The lowest BCUT2D eigenvalue weighted by molar-refractivity contribution is -0.269. The molecule has 5 rings (SSSR count). The van der Waals surface area contributed by atoms with E-state index in [2.05, 4.69) is 40.4 Å². The predicted octanol–water partition coefficient (Wildman–Crippen LogP) is 6.88. The Morgan fingerprint density at radius 3 is 2.39 bits per heavy atom. The number of ether oxygens (including phenoxy) is 3. The molecule has 1 heterocycles. The van der Waals surface area contributed by atoms with Gasteiger partial charge in [-0.15, -0.1) is 0 Å². The topological polar surface area (TPSA) is 74.2 Å². The molecule has 1 saturated heterocycles. The molecule has 7 heteroatoms. The van der Waals surface area contributed by atoms with Gasteiger partial charge in [0.05, 0.1) is 19.3 Å². The summed E-state index contributed by atoms with van der Waals surface area (Å²) in [6.07, 6.45) is 5.47. The first-order valence-electron chi connectivity index (χ1n) is 14.6. The summed E-state index contributed by atoms with van der Waals surface area (Å²) < 4.78 is 27.2. The average molecular weight is 577 g/mol. The van der Waals surface area contributed by atoms with Gasteiger partial charge in [-0.2, -0.15) is 0 Å². The van der Waals surface area contributed by atoms with E-state index in [1.54, 1.807) is 25.3 Å². The minimum atomic E-state index is -2.62. The van der Waals surface area contributed by atoms with Gasteiger partial charge in [0.15, 0.2) is 13.9 Å². The van der Waals surface area contributed by atoms with Crippen molar-refractivity contribution < 1.29 is 28.5 Å². The highest BCUT2D eigenvalue weighted by atomic mass is 28.4. The largest absolute Gasteiger partial charge is 0.496 e. The quantitative estimate of drug-likeness (QED) is 0.286. The lowest BCUT2D eigenvalue weighted by Crippen LogP contribution is -2.75. The molecule has 2 fully saturated rings. The van der Waals surface area contributed by atoms with E-state index in [0.717, 1.165) is 18.4 Å². The molecule has 0 radical (unpaired) electrons. The molecule has 4 atom stereocenters. The summed E-state index contributed by atoms with van der Waals surface area (Å²) in [6, 6.07) is 15.3. The Balaban J connectivity index is 1.93. The minimum Gasteiger partial charge on any atom is -0.496 e. The van der Waals surface area contributed by atoms with Gasteiger partial charge in [-0.1, -0.05) is 75.9 Å². The lowest BCUT2D eigenvalue weighted by atomic mass is 9.60. The van der Waals surface area contributed by atoms with Crippen molar-refractivity contribution in [2.24, 2.45) is 0 Å². The molecular weight excluding hydrogens is 532 g/mol. The summed E-state index contributed by atoms with van der Waals surface area (Å²) in [4.78, 5) is 15.2. The summed E-state index contributed by atoms with van der Waals surface area (Å²) in [5.41, 5.74) is -4.35. The van der Waals surface area contributed by atoms with Crippen molar-refractivity contribution in [1.29, 1.82) is 0 Å². The highest BCUT2D eigenvalue weighted by molar-refractivity contribution is 6.74. The number of benzene rings is 2. The van der Waals surface area contributed by atoms with Crippen LogP contribution in [0.5, 0.6) is 5.75 Å². The molecule has 41 heavy (non-hydrogen) atoms. The maximum Gasteiger partial charge on any atom is 0.205 e. The van der Waals surface area contributed by atoms with Gasteiger partial charge in [-0.05, 0) is 67.6 Å². The number of hydrogen-bond donors (Lipinski definition) is 1. The molecule has 1 aliphatic heterocycles. The normalized spacial score (nSPS) is 31.6. The number of rotatable bonds is 7. The SMILES string of the molecule is C=C1[C@](O)(/C=C/C)[C@]2(OCc3ccccc3)C(=O)c3c(OC)cccc3[C@]1(O[Si](C)(C)C(C)(C)C)[C@]21CCCCO1. The predicted molar refractivity (Wildman–Crippen MR) is 163 cm³/mol. The van der Waals surface area contributed by atoms with Crippen LogP contribution in [0.25, 0.3) is 0 Å². The van der Waals surface area contributed by atoms with E-state index >= 15 is 4.79 Å². The van der Waals surface area contributed by atoms with Crippen LogP contribution in [-0.4, -0.2) is 49.7 Å². The van der Waals surface area contributed by atoms with Crippen LogP contribution in [0.3, 0.4) is 0 Å². The van der Waals surface area contributed by atoms with Gasteiger partial charge in [-0.3, -0.25) is 4.79 Å². The molecule has 2 aliphatic carbocycles. The Kier molecular flexibility index (Phi) is 7.32. The van der Waals surface area contributed by atoms with Crippen molar-refractivity contribution in [3.8, 4) is 5.75 Å². The van der Waals surface area contributed by atoms with Crippen LogP contribution in [-0.2, 0) is 26.1 Å². The van der Waals surface area contributed by atoms with Crippen LogP contribution in [0.1, 0.15) is 68.4 Å². The van der Waals surface area contributed by atoms with Crippen LogP contribution in [0, 0.1) is 0 Å². The van der Waals surface area contributed by atoms with Crippen molar-refractivity contribution in [2.45, 2.75) is 94.1 Å². The van der Waals surface area contributed by atoms with Crippen LogP contribution >= 0.6 is 0 Å². The highest BCUT2D eigenvalue weighted by Gasteiger charge is 2.88. The zero-order valence-electron chi connectivity index (χ0n) is 25.5. The van der Waals surface area contributed by atoms with E-state index < -0.39 is 30.7 Å². The van der Waals surface area contributed by atoms with Crippen molar-refractivity contribution >= 4 is 14.1 Å². The van der Waals surface area contributed by atoms with Gasteiger partial charge in [0.25, 0.3) is 0 Å². The summed E-state index contributed by atoms with van der Waals surface area (Å²) in [7, 11) is -1.06. The molecule has 0 unspecified atom stereocenters. The molecule has 3 aliphatic rings. The Morgan fingerprint density at radius 2 is 1.80 bits per heavy atom. The third kappa shape index (κ3) is 3.79. The molecule has 220 valence electrons. The number of allylic oxidation sites excluding steroid dienone is 1. The van der Waals surface area contributed by atoms with E-state index in [-0.39, 0.29) is 17.4 Å². The monoisotopic (exact) mass is 576 g/mol. The number of fused-ring (bicyclic) bond motifs is 2. The first kappa shape index (κ1) is 29.9. The molecule has 2 aromatic carbocycles. The minimum absolute atomic E-state index is 0.0888. The molecule has 1 spiro atoms. The fourth-order valence-electron chi connectivity index (χ4n) is 7.02. The van der Waals surface area contributed by atoms with Crippen molar-refractivity contribution in [1.82, 2.24) is 0 Å². The smallest absolute Gasteiger partial charge is 0.205 e. The molecule has 0 aromatic heterocycles. The van der Waals surface area contributed by atoms with E-state index in [0.29, 0.717) is 35.5 Å². The first-order chi connectivity index (χ1) is 19.3. The van der Waals surface area contributed by atoms with E-state index in [1.165, 1.54) is 0 Å². The molecule has 2 bridgehead atoms. The number of carbonyl (C=O) groups excluding carboxylic acids is 1. The average Bonchev–Trinajstić information content (AvgIpc) is 3.03. The Labute approximate surface area is 245 Å². The number of hydrogen-bond acceptors (Lipinski definition) is 6. The van der Waals surface area contributed by atoms with E-state index in [9.17, 15) is 5.11 Å².